The van der Waals surface area contributed by atoms with Crippen LogP contribution in [0.15, 0.2) is 69.3 Å². The molecule has 3 aliphatic rings. The molecule has 168 valence electrons. The van der Waals surface area contributed by atoms with Gasteiger partial charge in [0.2, 0.25) is 0 Å². The fourth-order valence-electron chi connectivity index (χ4n) is 4.05. The highest BCUT2D eigenvalue weighted by Crippen LogP contribution is 2.27. The van der Waals surface area contributed by atoms with Crippen molar-refractivity contribution >= 4 is 17.5 Å². The van der Waals surface area contributed by atoms with E-state index < -0.39 is 0 Å². The fraction of sp³-hybridized carbons (Fsp3) is 0.423. The third kappa shape index (κ3) is 4.60. The number of nitrogens with one attached hydrogen (secondary N) is 2. The van der Waals surface area contributed by atoms with Crippen LogP contribution in [-0.2, 0) is 16.8 Å². The number of nitrogens with zero attached hydrogens (tertiary/aromatic N) is 3. The molecule has 2 aliphatic heterocycles. The molecule has 6 heteroatoms. The van der Waals surface area contributed by atoms with Crippen molar-refractivity contribution < 1.29 is 4.79 Å². The van der Waals surface area contributed by atoms with Gasteiger partial charge in [-0.25, -0.2) is 4.99 Å². The molecule has 1 aliphatic carbocycles. The zero-order chi connectivity index (χ0) is 22.9. The van der Waals surface area contributed by atoms with Crippen molar-refractivity contribution in [3.05, 3.63) is 70.5 Å². The van der Waals surface area contributed by atoms with E-state index >= 15 is 0 Å². The van der Waals surface area contributed by atoms with Gasteiger partial charge in [-0.05, 0) is 47.6 Å². The van der Waals surface area contributed by atoms with Gasteiger partial charge in [-0.2, -0.15) is 0 Å². The maximum atomic E-state index is 12.5. The van der Waals surface area contributed by atoms with Crippen LogP contribution in [0.3, 0.4) is 0 Å². The van der Waals surface area contributed by atoms with E-state index in [1.807, 2.05) is 0 Å². The van der Waals surface area contributed by atoms with Crippen LogP contribution in [0.4, 0.5) is 0 Å². The Bertz CT molecular complexity index is 1050. The normalized spacial score (nSPS) is 20.7. The van der Waals surface area contributed by atoms with E-state index in [0.29, 0.717) is 24.8 Å². The number of benzene rings is 1. The zero-order valence-electron chi connectivity index (χ0n) is 19.7. The Kier molecular flexibility index (Phi) is 6.15. The van der Waals surface area contributed by atoms with Gasteiger partial charge >= 0.3 is 0 Å². The lowest BCUT2D eigenvalue weighted by Gasteiger charge is -2.36. The van der Waals surface area contributed by atoms with E-state index in [1.54, 1.807) is 0 Å². The highest BCUT2D eigenvalue weighted by atomic mass is 16.2. The van der Waals surface area contributed by atoms with Crippen molar-refractivity contribution in [3.63, 3.8) is 0 Å². The van der Waals surface area contributed by atoms with Crippen LogP contribution in [0, 0.1) is 0 Å². The number of amides is 1. The molecule has 6 nitrogen and oxygen atoms in total. The van der Waals surface area contributed by atoms with Gasteiger partial charge in [-0.1, -0.05) is 57.2 Å². The molecular formula is C26H33N5O. The van der Waals surface area contributed by atoms with Gasteiger partial charge in [-0.3, -0.25) is 9.79 Å². The van der Waals surface area contributed by atoms with Crippen LogP contribution in [-0.4, -0.2) is 48.2 Å². The van der Waals surface area contributed by atoms with Crippen molar-refractivity contribution in [2.75, 3.05) is 19.8 Å². The molecule has 1 aromatic carbocycles. The minimum absolute atomic E-state index is 0.148. The Morgan fingerprint density at radius 1 is 1.16 bits per heavy atom. The summed E-state index contributed by atoms with van der Waals surface area (Å²) in [5.41, 5.74) is 6.68. The third-order valence-electron chi connectivity index (χ3n) is 6.21. The highest BCUT2D eigenvalue weighted by molar-refractivity contribution is 6.67. The van der Waals surface area contributed by atoms with E-state index in [0.717, 1.165) is 18.8 Å². The molecule has 0 spiro atoms. The Labute approximate surface area is 190 Å². The summed E-state index contributed by atoms with van der Waals surface area (Å²) in [7, 11) is 0. The smallest absolute Gasteiger partial charge is 0.274 e. The van der Waals surface area contributed by atoms with Gasteiger partial charge in [0.1, 0.15) is 12.7 Å². The zero-order valence-corrected chi connectivity index (χ0v) is 19.7. The maximum Gasteiger partial charge on any atom is 0.274 e. The number of carbonyl (C=O) groups excluding carboxylic acids is 1. The first-order chi connectivity index (χ1) is 15.2. The molecule has 1 aromatic rings. The summed E-state index contributed by atoms with van der Waals surface area (Å²) in [6.07, 6.45) is 6.34. The Balaban J connectivity index is 1.48. The summed E-state index contributed by atoms with van der Waals surface area (Å²) in [6.45, 7) is 13.5. The van der Waals surface area contributed by atoms with E-state index in [-0.39, 0.29) is 17.4 Å². The summed E-state index contributed by atoms with van der Waals surface area (Å²) in [5, 5.41) is 6.33. The first-order valence-corrected chi connectivity index (χ1v) is 11.3. The van der Waals surface area contributed by atoms with Gasteiger partial charge in [0.05, 0.1) is 0 Å². The lowest BCUT2D eigenvalue weighted by molar-refractivity contribution is -0.114. The molecule has 2 N–H and O–H groups in total. The SMILES string of the molecule is CC1=C(C)C=C2C(C=C1)N=C1C(=O)NCN=C1N2CCNCc1ccc(C(C)(C)C)cc1. The van der Waals surface area contributed by atoms with Crippen molar-refractivity contribution in [1.82, 2.24) is 15.5 Å². The van der Waals surface area contributed by atoms with Gasteiger partial charge in [0, 0.05) is 25.3 Å². The van der Waals surface area contributed by atoms with Crippen LogP contribution in [0.2, 0.25) is 0 Å². The quantitative estimate of drug-likeness (QED) is 0.702. The number of rotatable bonds is 5. The molecule has 0 aromatic heterocycles. The van der Waals surface area contributed by atoms with Gasteiger partial charge in [0.15, 0.2) is 11.5 Å². The second-order valence-electron chi connectivity index (χ2n) is 9.64. The molecule has 0 fully saturated rings. The summed E-state index contributed by atoms with van der Waals surface area (Å²) in [5.74, 6) is 0.526. The van der Waals surface area contributed by atoms with E-state index in [4.69, 9.17) is 4.99 Å². The van der Waals surface area contributed by atoms with Crippen LogP contribution in [0.25, 0.3) is 0 Å². The van der Waals surface area contributed by atoms with E-state index in [9.17, 15) is 4.79 Å². The van der Waals surface area contributed by atoms with Crippen LogP contribution >= 0.6 is 0 Å². The fourth-order valence-corrected chi connectivity index (χ4v) is 4.05. The van der Waals surface area contributed by atoms with Crippen molar-refractivity contribution in [1.29, 1.82) is 0 Å². The lowest BCUT2D eigenvalue weighted by Crippen LogP contribution is -2.53. The number of hydrogen-bond donors (Lipinski definition) is 2. The molecule has 0 saturated heterocycles. The van der Waals surface area contributed by atoms with Gasteiger partial charge in [-0.15, -0.1) is 0 Å². The van der Waals surface area contributed by atoms with Crippen molar-refractivity contribution in [3.8, 4) is 0 Å². The second kappa shape index (κ2) is 8.87. The van der Waals surface area contributed by atoms with E-state index in [1.165, 1.54) is 22.3 Å². The number of amidine groups is 1. The lowest BCUT2D eigenvalue weighted by atomic mass is 9.87. The molecule has 0 saturated carbocycles. The Morgan fingerprint density at radius 2 is 1.91 bits per heavy atom. The number of allylic oxidation sites excluding steroid dienone is 4. The largest absolute Gasteiger partial charge is 0.331 e. The molecule has 0 radical (unpaired) electrons. The average molecular weight is 432 g/mol. The molecule has 4 rings (SSSR count). The predicted octanol–water partition coefficient (Wildman–Crippen LogP) is 3.47. The monoisotopic (exact) mass is 431 g/mol. The van der Waals surface area contributed by atoms with E-state index in [2.05, 4.69) is 97.6 Å². The number of fused-ring (bicyclic) bond motifs is 2. The van der Waals surface area contributed by atoms with Crippen molar-refractivity contribution in [2.45, 2.75) is 52.6 Å². The summed E-state index contributed by atoms with van der Waals surface area (Å²) < 4.78 is 0. The molecule has 1 atom stereocenters. The summed E-state index contributed by atoms with van der Waals surface area (Å²) in [6, 6.07) is 8.64. The maximum absolute atomic E-state index is 12.5. The topological polar surface area (TPSA) is 69.1 Å². The Hall–Kier alpha value is -2.99. The molecule has 32 heavy (non-hydrogen) atoms. The second-order valence-corrected chi connectivity index (χ2v) is 9.64. The number of carbonyl (C=O) groups is 1. The number of hydrogen-bond acceptors (Lipinski definition) is 5. The summed E-state index contributed by atoms with van der Waals surface area (Å²) >= 11 is 0. The van der Waals surface area contributed by atoms with Crippen LogP contribution < -0.4 is 10.6 Å². The average Bonchev–Trinajstić information content (AvgIpc) is 2.89. The molecule has 1 unspecified atom stereocenters. The number of aliphatic imine (C=N–C) groups is 2. The molecule has 2 heterocycles. The predicted molar refractivity (Wildman–Crippen MR) is 131 cm³/mol. The highest BCUT2D eigenvalue weighted by Gasteiger charge is 2.36. The minimum atomic E-state index is -0.176. The third-order valence-corrected chi connectivity index (χ3v) is 6.21. The first-order valence-electron chi connectivity index (χ1n) is 11.3. The van der Waals surface area contributed by atoms with Gasteiger partial charge < -0.3 is 15.5 Å². The molecule has 0 bridgehead atoms. The first kappa shape index (κ1) is 22.2. The van der Waals surface area contributed by atoms with Crippen molar-refractivity contribution in [2.24, 2.45) is 9.98 Å². The minimum Gasteiger partial charge on any atom is -0.331 e. The molecular weight excluding hydrogens is 398 g/mol. The van der Waals surface area contributed by atoms with Crippen LogP contribution in [0.5, 0.6) is 0 Å². The molecule has 1 amide bonds. The van der Waals surface area contributed by atoms with Gasteiger partial charge in [0.25, 0.3) is 5.91 Å². The standard InChI is InChI=1S/C26H33N5O/c1-17-6-11-21-22(14-18(17)2)31(24-23(30-21)25(32)29-16-28-24)13-12-27-15-19-7-9-20(10-8-19)26(3,4)5/h6-11,14,21,27H,12-13,15-16H2,1-5H3,(H,29,32). The Morgan fingerprint density at radius 3 is 2.62 bits per heavy atom. The summed E-state index contributed by atoms with van der Waals surface area (Å²) in [4.78, 5) is 23.9. The van der Waals surface area contributed by atoms with Crippen LogP contribution in [0.1, 0.15) is 45.7 Å².